The Morgan fingerprint density at radius 2 is 1.68 bits per heavy atom. The predicted octanol–water partition coefficient (Wildman–Crippen LogP) is 3.54. The van der Waals surface area contributed by atoms with Gasteiger partial charge in [-0.05, 0) is 24.5 Å². The topological polar surface area (TPSA) is 64.4 Å². The van der Waals surface area contributed by atoms with Crippen LogP contribution in [-0.2, 0) is 17.9 Å². The lowest BCUT2D eigenvalue weighted by Gasteiger charge is -2.31. The molecule has 4 nitrogen and oxygen atoms in total. The molecule has 1 aliphatic carbocycles. The largest absolute Gasteiger partial charge is 0.489 e. The zero-order valence-corrected chi connectivity index (χ0v) is 14.5. The molecule has 3 N–H and O–H groups in total. The number of ether oxygens (including phenoxy) is 1. The highest BCUT2D eigenvalue weighted by molar-refractivity contribution is 5.86. The molecule has 0 atom stereocenters. The molecular weight excluding hydrogens is 312 g/mol. The zero-order valence-electron chi connectivity index (χ0n) is 14.5. The highest BCUT2D eigenvalue weighted by Crippen LogP contribution is 2.26. The summed E-state index contributed by atoms with van der Waals surface area (Å²) in [6.07, 6.45) is 4.76. The molecule has 0 unspecified atom stereocenters. The van der Waals surface area contributed by atoms with E-state index < -0.39 is 5.54 Å². The molecule has 1 fully saturated rings. The minimum absolute atomic E-state index is 0.0509. The van der Waals surface area contributed by atoms with E-state index >= 15 is 0 Å². The van der Waals surface area contributed by atoms with Crippen LogP contribution in [0.1, 0.15) is 43.2 Å². The van der Waals surface area contributed by atoms with Crippen LogP contribution in [0.15, 0.2) is 54.6 Å². The summed E-state index contributed by atoms with van der Waals surface area (Å²) in [7, 11) is 0. The molecule has 0 saturated heterocycles. The Bertz CT molecular complexity index is 694. The van der Waals surface area contributed by atoms with Crippen LogP contribution in [0, 0.1) is 0 Å². The highest BCUT2D eigenvalue weighted by Gasteiger charge is 2.34. The standard InChI is InChI=1S/C21H26N2O2/c22-21(13-7-2-8-14-21)20(24)23-15-18-11-5-6-12-19(18)25-16-17-9-3-1-4-10-17/h1,3-6,9-12H,2,7-8,13-16,22H2,(H,23,24). The van der Waals surface area contributed by atoms with Gasteiger partial charge in [-0.25, -0.2) is 0 Å². The lowest BCUT2D eigenvalue weighted by atomic mass is 9.82. The second kappa shape index (κ2) is 8.17. The first-order valence-corrected chi connectivity index (χ1v) is 8.99. The summed E-state index contributed by atoms with van der Waals surface area (Å²) in [6.45, 7) is 0.940. The lowest BCUT2D eigenvalue weighted by molar-refractivity contribution is -0.127. The lowest BCUT2D eigenvalue weighted by Crippen LogP contribution is -2.54. The number of carbonyl (C=O) groups is 1. The molecule has 25 heavy (non-hydrogen) atoms. The van der Waals surface area contributed by atoms with Crippen molar-refractivity contribution in [2.45, 2.75) is 50.8 Å². The Morgan fingerprint density at radius 3 is 2.44 bits per heavy atom. The molecule has 0 heterocycles. The van der Waals surface area contributed by atoms with Crippen LogP contribution in [0.25, 0.3) is 0 Å². The smallest absolute Gasteiger partial charge is 0.240 e. The van der Waals surface area contributed by atoms with Gasteiger partial charge in [-0.1, -0.05) is 67.8 Å². The van der Waals surface area contributed by atoms with Gasteiger partial charge in [0.05, 0.1) is 5.54 Å². The molecule has 2 aromatic carbocycles. The maximum Gasteiger partial charge on any atom is 0.240 e. The molecule has 0 aliphatic heterocycles. The maximum atomic E-state index is 12.5. The van der Waals surface area contributed by atoms with Crippen molar-refractivity contribution in [2.75, 3.05) is 0 Å². The van der Waals surface area contributed by atoms with Crippen molar-refractivity contribution in [3.63, 3.8) is 0 Å². The summed E-state index contributed by atoms with van der Waals surface area (Å²) < 4.78 is 5.94. The van der Waals surface area contributed by atoms with Gasteiger partial charge < -0.3 is 15.8 Å². The van der Waals surface area contributed by atoms with Crippen molar-refractivity contribution in [1.29, 1.82) is 0 Å². The van der Waals surface area contributed by atoms with Crippen molar-refractivity contribution < 1.29 is 9.53 Å². The van der Waals surface area contributed by atoms with Crippen LogP contribution in [-0.4, -0.2) is 11.4 Å². The van der Waals surface area contributed by atoms with Crippen molar-refractivity contribution in [2.24, 2.45) is 5.73 Å². The molecule has 3 rings (SSSR count). The SMILES string of the molecule is NC1(C(=O)NCc2ccccc2OCc2ccccc2)CCCCC1. The summed E-state index contributed by atoms with van der Waals surface area (Å²) in [6, 6.07) is 17.9. The second-order valence-electron chi connectivity index (χ2n) is 6.78. The second-order valence-corrected chi connectivity index (χ2v) is 6.78. The third-order valence-electron chi connectivity index (χ3n) is 4.85. The first kappa shape index (κ1) is 17.5. The molecule has 132 valence electrons. The minimum Gasteiger partial charge on any atom is -0.489 e. The van der Waals surface area contributed by atoms with Crippen LogP contribution in [0.4, 0.5) is 0 Å². The average molecular weight is 338 g/mol. The van der Waals surface area contributed by atoms with Gasteiger partial charge in [-0.3, -0.25) is 4.79 Å². The number of benzene rings is 2. The van der Waals surface area contributed by atoms with E-state index in [9.17, 15) is 4.79 Å². The van der Waals surface area contributed by atoms with Gasteiger partial charge in [0, 0.05) is 12.1 Å². The summed E-state index contributed by atoms with van der Waals surface area (Å²) in [5.41, 5.74) is 7.67. The van der Waals surface area contributed by atoms with E-state index in [0.717, 1.165) is 42.6 Å². The number of para-hydroxylation sites is 1. The third kappa shape index (κ3) is 4.60. The van der Waals surface area contributed by atoms with Crippen LogP contribution in [0.5, 0.6) is 5.75 Å². The Morgan fingerprint density at radius 1 is 1.00 bits per heavy atom. The van der Waals surface area contributed by atoms with E-state index in [4.69, 9.17) is 10.5 Å². The van der Waals surface area contributed by atoms with Crippen molar-refractivity contribution in [3.05, 3.63) is 65.7 Å². The first-order chi connectivity index (χ1) is 12.2. The Kier molecular flexibility index (Phi) is 5.71. The third-order valence-corrected chi connectivity index (χ3v) is 4.85. The van der Waals surface area contributed by atoms with E-state index in [1.54, 1.807) is 0 Å². The summed E-state index contributed by atoms with van der Waals surface area (Å²) >= 11 is 0. The fourth-order valence-electron chi connectivity index (χ4n) is 3.29. The Hall–Kier alpha value is -2.33. The molecule has 0 spiro atoms. The van der Waals surface area contributed by atoms with Gasteiger partial charge in [-0.15, -0.1) is 0 Å². The number of hydrogen-bond acceptors (Lipinski definition) is 3. The highest BCUT2D eigenvalue weighted by atomic mass is 16.5. The van der Waals surface area contributed by atoms with E-state index in [1.165, 1.54) is 6.42 Å². The fourth-order valence-corrected chi connectivity index (χ4v) is 3.29. The van der Waals surface area contributed by atoms with Crippen LogP contribution in [0.3, 0.4) is 0 Å². The molecule has 2 aromatic rings. The van der Waals surface area contributed by atoms with Crippen LogP contribution >= 0.6 is 0 Å². The first-order valence-electron chi connectivity index (χ1n) is 8.99. The van der Waals surface area contributed by atoms with Crippen LogP contribution < -0.4 is 15.8 Å². The van der Waals surface area contributed by atoms with Gasteiger partial charge in [-0.2, -0.15) is 0 Å². The Labute approximate surface area is 149 Å². The van der Waals surface area contributed by atoms with E-state index in [0.29, 0.717) is 13.2 Å². The monoisotopic (exact) mass is 338 g/mol. The van der Waals surface area contributed by atoms with Gasteiger partial charge in [0.15, 0.2) is 0 Å². The minimum atomic E-state index is -0.710. The fraction of sp³-hybridized carbons (Fsp3) is 0.381. The molecule has 1 aliphatic rings. The number of amides is 1. The number of nitrogens with two attached hydrogens (primary N) is 1. The zero-order chi connectivity index (χ0) is 17.5. The van der Waals surface area contributed by atoms with Crippen molar-refractivity contribution >= 4 is 5.91 Å². The van der Waals surface area contributed by atoms with Crippen molar-refractivity contribution in [3.8, 4) is 5.75 Å². The average Bonchev–Trinajstić information content (AvgIpc) is 2.66. The van der Waals surface area contributed by atoms with E-state index in [2.05, 4.69) is 5.32 Å². The molecular formula is C21H26N2O2. The van der Waals surface area contributed by atoms with Gasteiger partial charge in [0.25, 0.3) is 0 Å². The van der Waals surface area contributed by atoms with Crippen molar-refractivity contribution in [1.82, 2.24) is 5.32 Å². The summed E-state index contributed by atoms with van der Waals surface area (Å²) in [5.74, 6) is 0.742. The van der Waals surface area contributed by atoms with E-state index in [-0.39, 0.29) is 5.91 Å². The number of hydrogen-bond donors (Lipinski definition) is 2. The molecule has 0 bridgehead atoms. The number of carbonyl (C=O) groups excluding carboxylic acids is 1. The van der Waals surface area contributed by atoms with E-state index in [1.807, 2.05) is 54.6 Å². The van der Waals surface area contributed by atoms with Gasteiger partial charge in [0.2, 0.25) is 5.91 Å². The quantitative estimate of drug-likeness (QED) is 0.847. The molecule has 0 radical (unpaired) electrons. The summed E-state index contributed by atoms with van der Waals surface area (Å²) in [5, 5.41) is 3.00. The predicted molar refractivity (Wildman–Crippen MR) is 99.1 cm³/mol. The molecule has 1 amide bonds. The van der Waals surface area contributed by atoms with Gasteiger partial charge in [0.1, 0.15) is 12.4 Å². The normalized spacial score (nSPS) is 16.2. The molecule has 1 saturated carbocycles. The number of rotatable bonds is 6. The number of nitrogens with one attached hydrogen (secondary N) is 1. The van der Waals surface area contributed by atoms with Gasteiger partial charge >= 0.3 is 0 Å². The molecule has 4 heteroatoms. The maximum absolute atomic E-state index is 12.5. The Balaban J connectivity index is 1.60. The molecule has 0 aromatic heterocycles. The summed E-state index contributed by atoms with van der Waals surface area (Å²) in [4.78, 5) is 12.5. The van der Waals surface area contributed by atoms with Crippen LogP contribution in [0.2, 0.25) is 0 Å².